The maximum absolute atomic E-state index is 3.56. The van der Waals surface area contributed by atoms with Gasteiger partial charge in [-0.05, 0) is 0 Å². The molecule has 3 aromatic carbocycles. The number of hydrogen-bond acceptors (Lipinski definition) is 0. The molecule has 0 aliphatic carbocycles. The number of fused-ring (bicyclic) bond motifs is 2. The second-order valence-corrected chi connectivity index (χ2v) is 22.7. The summed E-state index contributed by atoms with van der Waals surface area (Å²) in [6, 6.07) is 14.1. The number of benzene rings is 3. The van der Waals surface area contributed by atoms with Gasteiger partial charge in [0.1, 0.15) is 0 Å². The summed E-state index contributed by atoms with van der Waals surface area (Å²) in [5.41, 5.74) is 9.56. The van der Waals surface area contributed by atoms with E-state index < -0.39 is 16.1 Å². The van der Waals surface area contributed by atoms with Gasteiger partial charge in [0.2, 0.25) is 0 Å². The predicted molar refractivity (Wildman–Crippen MR) is 144 cm³/mol. The monoisotopic (exact) mass is 558 g/mol. The first kappa shape index (κ1) is 23.4. The third-order valence-electron chi connectivity index (χ3n) is 4.58. The van der Waals surface area contributed by atoms with Crippen LogP contribution in [0.15, 0.2) is 36.4 Å². The molecule has 3 aromatic rings. The van der Waals surface area contributed by atoms with Crippen molar-refractivity contribution in [3.63, 3.8) is 0 Å². The Kier molecular flexibility index (Phi) is 7.11. The second kappa shape index (κ2) is 9.10. The second-order valence-electron chi connectivity index (χ2n) is 9.65. The molecule has 0 unspecified atom stereocenters. The topological polar surface area (TPSA) is 0 Å². The summed E-state index contributed by atoms with van der Waals surface area (Å²) in [7, 11) is -2.78. The molecule has 3 rings (SSSR count). The molecule has 0 fully saturated rings. The molecule has 0 N–H and O–H groups in total. The number of rotatable bonds is 2. The first-order valence-electron chi connectivity index (χ1n) is 10.2. The summed E-state index contributed by atoms with van der Waals surface area (Å²) < 4.78 is 2.82. The summed E-state index contributed by atoms with van der Waals surface area (Å²) in [4.78, 5) is 0. The van der Waals surface area contributed by atoms with E-state index in [-0.39, 0.29) is 0 Å². The molecule has 0 heterocycles. The van der Waals surface area contributed by atoms with Crippen molar-refractivity contribution in [2.24, 2.45) is 0 Å². The van der Waals surface area contributed by atoms with E-state index in [1.807, 2.05) is 0 Å². The van der Waals surface area contributed by atoms with Crippen molar-refractivity contribution in [3.8, 4) is 22.9 Å². The first-order chi connectivity index (χ1) is 14.0. The Bertz CT molecular complexity index is 1140. The quantitative estimate of drug-likeness (QED) is 0.231. The molecule has 0 aliphatic heterocycles. The van der Waals surface area contributed by atoms with Gasteiger partial charge in [0, 0.05) is 0 Å². The zero-order valence-corrected chi connectivity index (χ0v) is 24.7. The van der Waals surface area contributed by atoms with Gasteiger partial charge in [0.25, 0.3) is 0 Å². The number of hydrogen-bond donors (Lipinski definition) is 0. The van der Waals surface area contributed by atoms with Crippen LogP contribution in [0.3, 0.4) is 0 Å². The van der Waals surface area contributed by atoms with Gasteiger partial charge in [0.15, 0.2) is 0 Å². The summed E-state index contributed by atoms with van der Waals surface area (Å²) in [6.07, 6.45) is 0. The molecular weight excluding hydrogens is 526 g/mol. The Morgan fingerprint density at radius 1 is 0.533 bits per heavy atom. The molecule has 0 aliphatic rings. The van der Waals surface area contributed by atoms with Crippen molar-refractivity contribution in [3.05, 3.63) is 47.5 Å². The van der Waals surface area contributed by atoms with Gasteiger partial charge in [-0.3, -0.25) is 0 Å². The van der Waals surface area contributed by atoms with Crippen LogP contribution in [-0.4, -0.2) is 46.1 Å². The fourth-order valence-electron chi connectivity index (χ4n) is 3.10. The van der Waals surface area contributed by atoms with Gasteiger partial charge < -0.3 is 0 Å². The Hall–Kier alpha value is -1.23. The minimum absolute atomic E-state index is 0.426. The maximum atomic E-state index is 3.56. The van der Waals surface area contributed by atoms with Gasteiger partial charge >= 0.3 is 198 Å². The van der Waals surface area contributed by atoms with Crippen molar-refractivity contribution < 1.29 is 0 Å². The van der Waals surface area contributed by atoms with Crippen molar-refractivity contribution in [1.29, 1.82) is 0 Å². The third kappa shape index (κ3) is 5.93. The summed E-state index contributed by atoms with van der Waals surface area (Å²) >= 11 is 0.852. The standard InChI is InChI=1S/C26H30Se2Si2/c1-27-25-17-23-15-22-14-20(10-12-30(6,7)8)26(28-2)18-24(22)16-21(23)13-19(25)9-11-29(3,4)5/h13-18H,1-8H3. The molecular formula is C26H30Se2Si2. The van der Waals surface area contributed by atoms with Crippen molar-refractivity contribution in [2.45, 2.75) is 50.9 Å². The Balaban J connectivity index is 2.22. The molecule has 0 atom stereocenters. The van der Waals surface area contributed by atoms with Crippen LogP contribution in [0.5, 0.6) is 0 Å². The SMILES string of the molecule is C[Se]c1cc2cc3cc(C#C[Si](C)(C)C)c([Se]C)cc3cc2cc1C#C[Si](C)(C)C. The summed E-state index contributed by atoms with van der Waals surface area (Å²) in [6.45, 7) is 13.8. The summed E-state index contributed by atoms with van der Waals surface area (Å²) in [5.74, 6) is 11.6. The van der Waals surface area contributed by atoms with Crippen LogP contribution < -0.4 is 8.92 Å². The van der Waals surface area contributed by atoms with E-state index in [0.29, 0.717) is 29.9 Å². The van der Waals surface area contributed by atoms with Crippen molar-refractivity contribution >= 4 is 76.5 Å². The van der Waals surface area contributed by atoms with E-state index in [0.717, 1.165) is 0 Å². The van der Waals surface area contributed by atoms with Crippen LogP contribution in [0, 0.1) is 22.9 Å². The molecule has 0 spiro atoms. The Labute approximate surface area is 196 Å². The summed E-state index contributed by atoms with van der Waals surface area (Å²) in [5, 5.41) is 5.23. The molecule has 0 nitrogen and oxygen atoms in total. The van der Waals surface area contributed by atoms with E-state index in [1.165, 1.54) is 41.6 Å². The van der Waals surface area contributed by atoms with E-state index >= 15 is 0 Å². The van der Waals surface area contributed by atoms with E-state index in [4.69, 9.17) is 0 Å². The van der Waals surface area contributed by atoms with Gasteiger partial charge in [-0.15, -0.1) is 0 Å². The zero-order valence-electron chi connectivity index (χ0n) is 19.3. The average molecular weight is 557 g/mol. The Morgan fingerprint density at radius 2 is 0.867 bits per heavy atom. The molecule has 0 saturated carbocycles. The van der Waals surface area contributed by atoms with Crippen molar-refractivity contribution in [2.75, 3.05) is 0 Å². The minimum atomic E-state index is -1.39. The van der Waals surface area contributed by atoms with Crippen LogP contribution in [0.25, 0.3) is 21.5 Å². The van der Waals surface area contributed by atoms with E-state index in [2.05, 4.69) is 110 Å². The van der Waals surface area contributed by atoms with Crippen LogP contribution in [0.2, 0.25) is 50.9 Å². The fourth-order valence-corrected chi connectivity index (χ4v) is 6.53. The molecule has 4 heteroatoms. The van der Waals surface area contributed by atoms with Gasteiger partial charge in [-0.2, -0.15) is 0 Å². The van der Waals surface area contributed by atoms with Crippen LogP contribution >= 0.6 is 0 Å². The molecule has 154 valence electrons. The van der Waals surface area contributed by atoms with Crippen LogP contribution in [0.4, 0.5) is 0 Å². The molecule has 0 saturated heterocycles. The normalized spacial score (nSPS) is 11.7. The van der Waals surface area contributed by atoms with Crippen molar-refractivity contribution in [1.82, 2.24) is 0 Å². The molecule has 0 bridgehead atoms. The zero-order chi connectivity index (χ0) is 22.1. The first-order valence-corrected chi connectivity index (χ1v) is 22.3. The van der Waals surface area contributed by atoms with E-state index in [9.17, 15) is 0 Å². The van der Waals surface area contributed by atoms with Gasteiger partial charge in [-0.1, -0.05) is 0 Å². The Morgan fingerprint density at radius 3 is 1.17 bits per heavy atom. The average Bonchev–Trinajstić information content (AvgIpc) is 2.66. The molecule has 0 amide bonds. The van der Waals surface area contributed by atoms with Crippen LogP contribution in [-0.2, 0) is 0 Å². The fraction of sp³-hybridized carbons (Fsp3) is 0.308. The predicted octanol–water partition coefficient (Wildman–Crippen LogP) is 5.21. The molecule has 0 radical (unpaired) electrons. The molecule has 0 aromatic heterocycles. The van der Waals surface area contributed by atoms with Crippen LogP contribution in [0.1, 0.15) is 11.1 Å². The molecule has 30 heavy (non-hydrogen) atoms. The third-order valence-corrected chi connectivity index (χ3v) is 9.59. The van der Waals surface area contributed by atoms with E-state index in [1.54, 1.807) is 0 Å². The van der Waals surface area contributed by atoms with Gasteiger partial charge in [0.05, 0.1) is 0 Å². The van der Waals surface area contributed by atoms with Gasteiger partial charge in [-0.25, -0.2) is 0 Å².